The molecule has 7 heteroatoms. The Morgan fingerprint density at radius 1 is 1.31 bits per heavy atom. The highest BCUT2D eigenvalue weighted by Crippen LogP contribution is 2.39. The van der Waals surface area contributed by atoms with Gasteiger partial charge in [0.2, 0.25) is 0 Å². The van der Waals surface area contributed by atoms with Gasteiger partial charge in [-0.3, -0.25) is 9.69 Å². The van der Waals surface area contributed by atoms with Crippen LogP contribution in [0.15, 0.2) is 45.8 Å². The SMILES string of the molecule is CCOc1cc(/C=C2/SC(=S)N(c3ccc(C)cc3)C2=O)c(Br)cc1O. The van der Waals surface area contributed by atoms with Crippen molar-refractivity contribution in [1.29, 1.82) is 0 Å². The van der Waals surface area contributed by atoms with Gasteiger partial charge in [0.15, 0.2) is 15.8 Å². The predicted octanol–water partition coefficient (Wildman–Crippen LogP) is 5.27. The molecule has 0 unspecified atom stereocenters. The molecule has 0 atom stereocenters. The molecular weight excluding hydrogens is 434 g/mol. The molecule has 1 saturated heterocycles. The Balaban J connectivity index is 1.95. The highest BCUT2D eigenvalue weighted by molar-refractivity contribution is 9.10. The molecular formula is C19H16BrNO3S2. The minimum atomic E-state index is -0.165. The summed E-state index contributed by atoms with van der Waals surface area (Å²) in [4.78, 5) is 14.9. The number of thioether (sulfide) groups is 1. The van der Waals surface area contributed by atoms with Crippen molar-refractivity contribution in [2.24, 2.45) is 0 Å². The van der Waals surface area contributed by atoms with Crippen LogP contribution < -0.4 is 9.64 Å². The summed E-state index contributed by atoms with van der Waals surface area (Å²) in [5, 5.41) is 9.94. The summed E-state index contributed by atoms with van der Waals surface area (Å²) < 4.78 is 6.57. The minimum absolute atomic E-state index is 0.0445. The number of rotatable bonds is 4. The lowest BCUT2D eigenvalue weighted by molar-refractivity contribution is -0.113. The van der Waals surface area contributed by atoms with Crippen LogP contribution in [0.25, 0.3) is 6.08 Å². The first-order valence-corrected chi connectivity index (χ1v) is 9.92. The normalized spacial score (nSPS) is 15.8. The van der Waals surface area contributed by atoms with E-state index >= 15 is 0 Å². The van der Waals surface area contributed by atoms with Crippen LogP contribution in [0.2, 0.25) is 0 Å². The number of phenolic OH excluding ortho intramolecular Hbond substituents is 1. The molecule has 0 aliphatic carbocycles. The summed E-state index contributed by atoms with van der Waals surface area (Å²) in [6, 6.07) is 10.9. The Hall–Kier alpha value is -1.83. The van der Waals surface area contributed by atoms with Gasteiger partial charge in [0.1, 0.15) is 0 Å². The Bertz CT molecular complexity index is 910. The van der Waals surface area contributed by atoms with E-state index < -0.39 is 0 Å². The van der Waals surface area contributed by atoms with Gasteiger partial charge >= 0.3 is 0 Å². The zero-order valence-electron chi connectivity index (χ0n) is 14.2. The van der Waals surface area contributed by atoms with Gasteiger partial charge in [-0.15, -0.1) is 0 Å². The molecule has 1 aliphatic rings. The maximum absolute atomic E-state index is 12.8. The molecule has 0 saturated carbocycles. The maximum atomic E-state index is 12.8. The van der Waals surface area contributed by atoms with Crippen molar-refractivity contribution < 1.29 is 14.6 Å². The van der Waals surface area contributed by atoms with E-state index in [4.69, 9.17) is 17.0 Å². The van der Waals surface area contributed by atoms with Crippen LogP contribution in [0.5, 0.6) is 11.5 Å². The fourth-order valence-electron chi connectivity index (χ4n) is 2.47. The molecule has 3 rings (SSSR count). The molecule has 1 amide bonds. The van der Waals surface area contributed by atoms with Crippen molar-refractivity contribution in [2.75, 3.05) is 11.5 Å². The lowest BCUT2D eigenvalue weighted by Gasteiger charge is -2.14. The van der Waals surface area contributed by atoms with E-state index in [-0.39, 0.29) is 11.7 Å². The molecule has 4 nitrogen and oxygen atoms in total. The number of halogens is 1. The quantitative estimate of drug-likeness (QED) is 0.508. The van der Waals surface area contributed by atoms with Crippen molar-refractivity contribution in [1.82, 2.24) is 0 Å². The Labute approximate surface area is 170 Å². The summed E-state index contributed by atoms with van der Waals surface area (Å²) in [6.45, 7) is 4.27. The molecule has 2 aromatic rings. The number of benzene rings is 2. The fraction of sp³-hybridized carbons (Fsp3) is 0.158. The number of amides is 1. The largest absolute Gasteiger partial charge is 0.504 e. The summed E-state index contributed by atoms with van der Waals surface area (Å²) in [6.07, 6.45) is 1.75. The second kappa shape index (κ2) is 7.82. The van der Waals surface area contributed by atoms with E-state index in [1.165, 1.54) is 16.7 Å². The lowest BCUT2D eigenvalue weighted by atomic mass is 10.1. The summed E-state index contributed by atoms with van der Waals surface area (Å²) >= 11 is 10.1. The first-order valence-electron chi connectivity index (χ1n) is 7.90. The Morgan fingerprint density at radius 3 is 2.65 bits per heavy atom. The molecule has 26 heavy (non-hydrogen) atoms. The van der Waals surface area contributed by atoms with Crippen molar-refractivity contribution in [3.63, 3.8) is 0 Å². The van der Waals surface area contributed by atoms with E-state index in [1.54, 1.807) is 18.2 Å². The summed E-state index contributed by atoms with van der Waals surface area (Å²) in [7, 11) is 0. The first kappa shape index (κ1) is 18.9. The predicted molar refractivity (Wildman–Crippen MR) is 114 cm³/mol. The van der Waals surface area contributed by atoms with E-state index in [1.807, 2.05) is 38.1 Å². The van der Waals surface area contributed by atoms with Crippen LogP contribution in [-0.4, -0.2) is 21.9 Å². The zero-order valence-corrected chi connectivity index (χ0v) is 17.4. The molecule has 1 aliphatic heterocycles. The smallest absolute Gasteiger partial charge is 0.270 e. The Morgan fingerprint density at radius 2 is 2.00 bits per heavy atom. The minimum Gasteiger partial charge on any atom is -0.504 e. The third-order valence-corrected chi connectivity index (χ3v) is 5.74. The Kier molecular flexibility index (Phi) is 5.70. The van der Waals surface area contributed by atoms with Crippen LogP contribution in [0.4, 0.5) is 5.69 Å². The number of thiocarbonyl (C=S) groups is 1. The van der Waals surface area contributed by atoms with Crippen LogP contribution in [-0.2, 0) is 4.79 Å². The standard InChI is InChI=1S/C19H16BrNO3S2/c1-3-24-16-8-12(14(20)10-15(16)22)9-17-18(23)21(19(25)26-17)13-6-4-11(2)5-7-13/h4-10,22H,3H2,1-2H3/b17-9+. The average Bonchev–Trinajstić information content (AvgIpc) is 2.87. The van der Waals surface area contributed by atoms with E-state index in [9.17, 15) is 9.90 Å². The summed E-state index contributed by atoms with van der Waals surface area (Å²) in [5.41, 5.74) is 2.60. The molecule has 2 aromatic carbocycles. The summed E-state index contributed by atoms with van der Waals surface area (Å²) in [5.74, 6) is 0.251. The van der Waals surface area contributed by atoms with E-state index in [0.717, 1.165) is 16.8 Å². The monoisotopic (exact) mass is 449 g/mol. The number of hydrogen-bond acceptors (Lipinski definition) is 5. The molecule has 0 radical (unpaired) electrons. The van der Waals surface area contributed by atoms with Gasteiger partial charge in [0.25, 0.3) is 5.91 Å². The van der Waals surface area contributed by atoms with Crippen LogP contribution in [0.3, 0.4) is 0 Å². The lowest BCUT2D eigenvalue weighted by Crippen LogP contribution is -2.27. The molecule has 134 valence electrons. The number of hydrogen-bond donors (Lipinski definition) is 1. The third-order valence-electron chi connectivity index (χ3n) is 3.75. The molecule has 1 N–H and O–H groups in total. The molecule has 0 spiro atoms. The van der Waals surface area contributed by atoms with Gasteiger partial charge in [-0.2, -0.15) is 0 Å². The second-order valence-electron chi connectivity index (χ2n) is 5.63. The second-order valence-corrected chi connectivity index (χ2v) is 8.16. The molecule has 0 bridgehead atoms. The first-order chi connectivity index (χ1) is 12.4. The number of aromatic hydroxyl groups is 1. The topological polar surface area (TPSA) is 49.8 Å². The molecule has 1 heterocycles. The van der Waals surface area contributed by atoms with Crippen LogP contribution >= 0.6 is 39.9 Å². The van der Waals surface area contributed by atoms with Gasteiger partial charge in [0, 0.05) is 4.47 Å². The van der Waals surface area contributed by atoms with Crippen molar-refractivity contribution in [2.45, 2.75) is 13.8 Å². The number of carbonyl (C=O) groups is 1. The zero-order chi connectivity index (χ0) is 18.8. The average molecular weight is 450 g/mol. The van der Waals surface area contributed by atoms with Gasteiger partial charge < -0.3 is 9.84 Å². The number of carbonyl (C=O) groups excluding carboxylic acids is 1. The highest BCUT2D eigenvalue weighted by atomic mass is 79.9. The van der Waals surface area contributed by atoms with Crippen molar-refractivity contribution in [3.05, 3.63) is 56.9 Å². The number of ether oxygens (including phenoxy) is 1. The highest BCUT2D eigenvalue weighted by Gasteiger charge is 2.33. The van der Waals surface area contributed by atoms with Gasteiger partial charge in [-0.05, 0) is 49.8 Å². The molecule has 0 aromatic heterocycles. The fourth-order valence-corrected chi connectivity index (χ4v) is 4.20. The number of nitrogens with zero attached hydrogens (tertiary/aromatic N) is 1. The van der Waals surface area contributed by atoms with Crippen LogP contribution in [0.1, 0.15) is 18.1 Å². The number of anilines is 1. The van der Waals surface area contributed by atoms with Gasteiger partial charge in [-0.1, -0.05) is 57.6 Å². The van der Waals surface area contributed by atoms with Crippen LogP contribution in [0, 0.1) is 6.92 Å². The van der Waals surface area contributed by atoms with Gasteiger partial charge in [-0.25, -0.2) is 0 Å². The number of aryl methyl sites for hydroxylation is 1. The van der Waals surface area contributed by atoms with Gasteiger partial charge in [0.05, 0.1) is 17.2 Å². The maximum Gasteiger partial charge on any atom is 0.270 e. The van der Waals surface area contributed by atoms with Crippen molar-refractivity contribution >= 4 is 61.9 Å². The number of phenols is 1. The molecule has 1 fully saturated rings. The van der Waals surface area contributed by atoms with Crippen molar-refractivity contribution in [3.8, 4) is 11.5 Å². The van der Waals surface area contributed by atoms with E-state index in [2.05, 4.69) is 15.9 Å². The third kappa shape index (κ3) is 3.79. The van der Waals surface area contributed by atoms with E-state index in [0.29, 0.717) is 26.1 Å².